The van der Waals surface area contributed by atoms with Crippen molar-refractivity contribution in [2.75, 3.05) is 13.1 Å². The Morgan fingerprint density at radius 2 is 1.89 bits per heavy atom. The number of piperidine rings is 1. The third-order valence-corrected chi connectivity index (χ3v) is 5.24. The Kier molecular flexibility index (Phi) is 3.07. The molecule has 18 heavy (non-hydrogen) atoms. The monoisotopic (exact) mass is 307 g/mol. The van der Waals surface area contributed by atoms with E-state index in [0.29, 0.717) is 5.78 Å². The van der Waals surface area contributed by atoms with Crippen molar-refractivity contribution in [3.63, 3.8) is 0 Å². The van der Waals surface area contributed by atoms with Crippen LogP contribution in [0.4, 0.5) is 0 Å². The van der Waals surface area contributed by atoms with Crippen LogP contribution in [0.25, 0.3) is 0 Å². The van der Waals surface area contributed by atoms with Gasteiger partial charge in [0.1, 0.15) is 5.78 Å². The molecule has 0 radical (unpaired) electrons. The predicted octanol–water partition coefficient (Wildman–Crippen LogP) is 3.41. The van der Waals surface area contributed by atoms with Gasteiger partial charge in [0, 0.05) is 35.9 Å². The highest BCUT2D eigenvalue weighted by Gasteiger charge is 2.49. The van der Waals surface area contributed by atoms with Crippen LogP contribution in [0, 0.1) is 6.92 Å². The van der Waals surface area contributed by atoms with Gasteiger partial charge in [0.05, 0.1) is 0 Å². The van der Waals surface area contributed by atoms with Crippen LogP contribution in [0.3, 0.4) is 0 Å². The Morgan fingerprint density at radius 3 is 2.44 bits per heavy atom. The maximum absolute atomic E-state index is 11.4. The molecular weight excluding hydrogens is 290 g/mol. The molecule has 1 heterocycles. The number of carbonyl (C=O) groups excluding carboxylic acids is 1. The second-order valence-corrected chi connectivity index (χ2v) is 6.38. The fourth-order valence-electron chi connectivity index (χ4n) is 3.02. The molecule has 0 unspecified atom stereocenters. The van der Waals surface area contributed by atoms with Gasteiger partial charge >= 0.3 is 0 Å². The summed E-state index contributed by atoms with van der Waals surface area (Å²) in [5.74, 6) is 0.425. The molecule has 0 atom stereocenters. The van der Waals surface area contributed by atoms with E-state index in [1.54, 1.807) is 0 Å². The minimum absolute atomic E-state index is 0.242. The summed E-state index contributed by atoms with van der Waals surface area (Å²) < 4.78 is 1.18. The van der Waals surface area contributed by atoms with Gasteiger partial charge in [0.2, 0.25) is 0 Å². The molecule has 2 fully saturated rings. The minimum atomic E-state index is 0.242. The molecule has 1 saturated carbocycles. The average molecular weight is 308 g/mol. The number of hydrogen-bond acceptors (Lipinski definition) is 2. The highest BCUT2D eigenvalue weighted by atomic mass is 79.9. The number of hydrogen-bond donors (Lipinski definition) is 0. The van der Waals surface area contributed by atoms with Crippen molar-refractivity contribution in [1.29, 1.82) is 0 Å². The molecule has 1 aliphatic heterocycles. The summed E-state index contributed by atoms with van der Waals surface area (Å²) in [6, 6.07) is 6.69. The number of rotatable bonds is 2. The van der Waals surface area contributed by atoms with E-state index in [2.05, 4.69) is 46.0 Å². The van der Waals surface area contributed by atoms with E-state index in [4.69, 9.17) is 0 Å². The number of Topliss-reactive ketones (excluding diaryl/α,β-unsaturated/α-hetero) is 1. The van der Waals surface area contributed by atoms with Gasteiger partial charge < -0.3 is 0 Å². The standard InChI is InChI=1S/C15H18BrNO/c1-11-10-12(2-3-14(11)16)15(6-7-15)17-8-4-13(18)5-9-17/h2-3,10H,4-9H2,1H3. The largest absolute Gasteiger partial charge is 0.300 e. The van der Waals surface area contributed by atoms with Crippen molar-refractivity contribution in [3.05, 3.63) is 33.8 Å². The maximum Gasteiger partial charge on any atom is 0.135 e. The molecule has 2 aliphatic rings. The topological polar surface area (TPSA) is 20.3 Å². The SMILES string of the molecule is Cc1cc(C2(N3CCC(=O)CC3)CC2)ccc1Br. The zero-order valence-corrected chi connectivity index (χ0v) is 12.3. The van der Waals surface area contributed by atoms with E-state index in [1.807, 2.05) is 0 Å². The molecule has 1 aromatic rings. The molecule has 0 bridgehead atoms. The van der Waals surface area contributed by atoms with Gasteiger partial charge in [0.15, 0.2) is 0 Å². The highest BCUT2D eigenvalue weighted by molar-refractivity contribution is 9.10. The van der Waals surface area contributed by atoms with Gasteiger partial charge in [-0.1, -0.05) is 28.1 Å². The van der Waals surface area contributed by atoms with Crippen LogP contribution >= 0.6 is 15.9 Å². The number of likely N-dealkylation sites (tertiary alicyclic amines) is 1. The molecule has 0 aromatic heterocycles. The lowest BCUT2D eigenvalue weighted by atomic mass is 9.98. The van der Waals surface area contributed by atoms with E-state index < -0.39 is 0 Å². The van der Waals surface area contributed by atoms with Gasteiger partial charge in [0.25, 0.3) is 0 Å². The highest BCUT2D eigenvalue weighted by Crippen LogP contribution is 2.52. The molecule has 1 saturated heterocycles. The number of nitrogens with zero attached hydrogens (tertiary/aromatic N) is 1. The van der Waals surface area contributed by atoms with Crippen molar-refractivity contribution in [2.45, 2.75) is 38.1 Å². The first-order valence-corrected chi connectivity index (χ1v) is 7.44. The second kappa shape index (κ2) is 4.46. The Labute approximate surface area is 116 Å². The van der Waals surface area contributed by atoms with E-state index in [0.717, 1.165) is 25.9 Å². The summed E-state index contributed by atoms with van der Waals surface area (Å²) in [4.78, 5) is 13.9. The van der Waals surface area contributed by atoms with E-state index >= 15 is 0 Å². The Bertz CT molecular complexity index is 483. The van der Waals surface area contributed by atoms with Crippen molar-refractivity contribution in [3.8, 4) is 0 Å². The Balaban J connectivity index is 1.86. The summed E-state index contributed by atoms with van der Waals surface area (Å²) in [6.07, 6.45) is 3.94. The minimum Gasteiger partial charge on any atom is -0.300 e. The summed E-state index contributed by atoms with van der Waals surface area (Å²) in [6.45, 7) is 4.02. The number of halogens is 1. The van der Waals surface area contributed by atoms with Crippen LogP contribution in [0.2, 0.25) is 0 Å². The van der Waals surface area contributed by atoms with E-state index in [1.165, 1.54) is 28.4 Å². The third-order valence-electron chi connectivity index (χ3n) is 4.35. The van der Waals surface area contributed by atoms with Crippen molar-refractivity contribution >= 4 is 21.7 Å². The molecule has 96 valence electrons. The summed E-state index contributed by atoms with van der Waals surface area (Å²) in [5, 5.41) is 0. The predicted molar refractivity (Wildman–Crippen MR) is 75.6 cm³/mol. The smallest absolute Gasteiger partial charge is 0.135 e. The second-order valence-electron chi connectivity index (χ2n) is 5.52. The zero-order valence-electron chi connectivity index (χ0n) is 10.7. The molecular formula is C15H18BrNO. The molecule has 3 heteroatoms. The van der Waals surface area contributed by atoms with Crippen LogP contribution in [0.15, 0.2) is 22.7 Å². The van der Waals surface area contributed by atoms with Crippen molar-refractivity contribution in [1.82, 2.24) is 4.90 Å². The van der Waals surface area contributed by atoms with E-state index in [9.17, 15) is 4.79 Å². The number of benzene rings is 1. The number of aryl methyl sites for hydroxylation is 1. The summed E-state index contributed by atoms with van der Waals surface area (Å²) in [5.41, 5.74) is 2.97. The maximum atomic E-state index is 11.4. The van der Waals surface area contributed by atoms with Crippen LogP contribution in [-0.4, -0.2) is 23.8 Å². The fraction of sp³-hybridized carbons (Fsp3) is 0.533. The Hall–Kier alpha value is -0.670. The van der Waals surface area contributed by atoms with Gasteiger partial charge in [-0.3, -0.25) is 9.69 Å². The third kappa shape index (κ3) is 2.04. The fourth-order valence-corrected chi connectivity index (χ4v) is 3.27. The van der Waals surface area contributed by atoms with Gasteiger partial charge in [-0.05, 0) is 37.0 Å². The quantitative estimate of drug-likeness (QED) is 0.834. The van der Waals surface area contributed by atoms with Crippen LogP contribution < -0.4 is 0 Å². The van der Waals surface area contributed by atoms with Crippen molar-refractivity contribution < 1.29 is 4.79 Å². The molecule has 0 spiro atoms. The lowest BCUT2D eigenvalue weighted by Crippen LogP contribution is -2.41. The molecule has 0 amide bonds. The molecule has 1 aliphatic carbocycles. The lowest BCUT2D eigenvalue weighted by molar-refractivity contribution is -0.122. The van der Waals surface area contributed by atoms with Gasteiger partial charge in [-0.15, -0.1) is 0 Å². The molecule has 0 N–H and O–H groups in total. The van der Waals surface area contributed by atoms with Gasteiger partial charge in [-0.2, -0.15) is 0 Å². The van der Waals surface area contributed by atoms with Gasteiger partial charge in [-0.25, -0.2) is 0 Å². The summed E-state index contributed by atoms with van der Waals surface area (Å²) >= 11 is 3.56. The van der Waals surface area contributed by atoms with Crippen LogP contribution in [-0.2, 0) is 10.3 Å². The van der Waals surface area contributed by atoms with E-state index in [-0.39, 0.29) is 5.54 Å². The zero-order chi connectivity index (χ0) is 12.8. The lowest BCUT2D eigenvalue weighted by Gasteiger charge is -2.35. The number of ketones is 1. The first-order chi connectivity index (χ1) is 8.62. The number of carbonyl (C=O) groups is 1. The molecule has 3 rings (SSSR count). The van der Waals surface area contributed by atoms with Crippen molar-refractivity contribution in [2.24, 2.45) is 0 Å². The van der Waals surface area contributed by atoms with Crippen LogP contribution in [0.5, 0.6) is 0 Å². The van der Waals surface area contributed by atoms with Crippen LogP contribution in [0.1, 0.15) is 36.8 Å². The molecule has 1 aromatic carbocycles. The summed E-state index contributed by atoms with van der Waals surface area (Å²) in [7, 11) is 0. The Morgan fingerprint density at radius 1 is 1.22 bits per heavy atom. The normalized spacial score (nSPS) is 23.1. The average Bonchev–Trinajstić information content (AvgIpc) is 3.15. The first-order valence-electron chi connectivity index (χ1n) is 6.65. The molecule has 2 nitrogen and oxygen atoms in total. The first kappa shape index (κ1) is 12.4.